The maximum Gasteiger partial charge on any atom is 0.204 e. The van der Waals surface area contributed by atoms with Gasteiger partial charge in [0, 0.05) is 0 Å². The quantitative estimate of drug-likeness (QED) is 0.299. The molecule has 0 aliphatic rings. The lowest BCUT2D eigenvalue weighted by molar-refractivity contribution is 0.649. The van der Waals surface area contributed by atoms with E-state index in [9.17, 15) is 9.59 Å². The van der Waals surface area contributed by atoms with Crippen molar-refractivity contribution in [1.29, 1.82) is 0 Å². The molecule has 0 radical (unpaired) electrons. The third kappa shape index (κ3) is 1.96. The minimum Gasteiger partial charge on any atom is -0.456 e. The van der Waals surface area contributed by atoms with Gasteiger partial charge in [-0.25, -0.2) is 0 Å². The van der Waals surface area contributed by atoms with Crippen molar-refractivity contribution in [3.8, 4) is 0 Å². The summed E-state index contributed by atoms with van der Waals surface area (Å²) in [6.07, 6.45) is 0. The first-order valence-electron chi connectivity index (χ1n) is 8.36. The van der Waals surface area contributed by atoms with Crippen LogP contribution in [0.2, 0.25) is 0 Å². The first kappa shape index (κ1) is 14.9. The van der Waals surface area contributed by atoms with Crippen LogP contribution in [0.3, 0.4) is 0 Å². The molecule has 2 aromatic heterocycles. The van der Waals surface area contributed by atoms with E-state index in [4.69, 9.17) is 8.83 Å². The molecule has 5 rings (SSSR count). The van der Waals surface area contributed by atoms with E-state index in [0.717, 1.165) is 11.1 Å². The second-order valence-corrected chi connectivity index (χ2v) is 6.68. The lowest BCUT2D eigenvalue weighted by Crippen LogP contribution is -2.07. The second kappa shape index (κ2) is 5.05. The summed E-state index contributed by atoms with van der Waals surface area (Å²) in [6.45, 7) is 3.86. The lowest BCUT2D eigenvalue weighted by atomic mass is 10.1. The van der Waals surface area contributed by atoms with Gasteiger partial charge in [0.05, 0.1) is 16.2 Å². The number of benzene rings is 3. The van der Waals surface area contributed by atoms with Gasteiger partial charge in [-0.05, 0) is 55.8 Å². The molecule has 4 heteroatoms. The highest BCUT2D eigenvalue weighted by molar-refractivity contribution is 6.07. The van der Waals surface area contributed by atoms with Gasteiger partial charge in [-0.15, -0.1) is 0 Å². The Bertz CT molecular complexity index is 1490. The summed E-state index contributed by atoms with van der Waals surface area (Å²) >= 11 is 0. The van der Waals surface area contributed by atoms with Crippen molar-refractivity contribution in [2.45, 2.75) is 13.8 Å². The van der Waals surface area contributed by atoms with Crippen molar-refractivity contribution in [1.82, 2.24) is 0 Å². The maximum atomic E-state index is 13.1. The first-order chi connectivity index (χ1) is 12.5. The van der Waals surface area contributed by atoms with Crippen LogP contribution in [-0.4, -0.2) is 0 Å². The van der Waals surface area contributed by atoms with Crippen molar-refractivity contribution in [2.75, 3.05) is 0 Å². The molecule has 2 heterocycles. The van der Waals surface area contributed by atoms with Crippen molar-refractivity contribution < 1.29 is 8.83 Å². The molecule has 0 spiro atoms. The Kier molecular flexibility index (Phi) is 2.89. The molecule has 4 nitrogen and oxygen atoms in total. The van der Waals surface area contributed by atoms with Gasteiger partial charge in [0.2, 0.25) is 10.9 Å². The molecule has 0 bridgehead atoms. The normalized spacial score (nSPS) is 11.8. The smallest absolute Gasteiger partial charge is 0.204 e. The second-order valence-electron chi connectivity index (χ2n) is 6.68. The molecular weight excluding hydrogens is 328 g/mol. The lowest BCUT2D eigenvalue weighted by Gasteiger charge is -2.06. The minimum absolute atomic E-state index is 0.143. The third-order valence-corrected chi connectivity index (χ3v) is 4.78. The van der Waals surface area contributed by atoms with Crippen LogP contribution in [0.1, 0.15) is 11.1 Å². The standard InChI is InChI=1S/C22H14O4/c1-11-4-7-16-15(9-11)20(23)14-6-8-17-19(22(14)26-16)21(24)13-5-3-12(2)10-18(13)25-17/h3-10H,1-2H3. The molecule has 126 valence electrons. The molecule has 0 unspecified atom stereocenters. The molecule has 0 aliphatic carbocycles. The van der Waals surface area contributed by atoms with Gasteiger partial charge >= 0.3 is 0 Å². The first-order valence-corrected chi connectivity index (χ1v) is 8.36. The topological polar surface area (TPSA) is 60.4 Å². The number of aryl methyl sites for hydroxylation is 2. The molecule has 0 atom stereocenters. The maximum absolute atomic E-state index is 13.1. The van der Waals surface area contributed by atoms with Gasteiger partial charge in [-0.1, -0.05) is 17.7 Å². The highest BCUT2D eigenvalue weighted by atomic mass is 16.3. The molecule has 0 amide bonds. The van der Waals surface area contributed by atoms with E-state index in [0.29, 0.717) is 38.3 Å². The summed E-state index contributed by atoms with van der Waals surface area (Å²) < 4.78 is 11.9. The summed E-state index contributed by atoms with van der Waals surface area (Å²) in [5.74, 6) is 0. The predicted octanol–water partition coefficient (Wildman–Crippen LogP) is 4.82. The van der Waals surface area contributed by atoms with Gasteiger partial charge in [0.15, 0.2) is 5.58 Å². The zero-order valence-corrected chi connectivity index (χ0v) is 14.3. The predicted molar refractivity (Wildman–Crippen MR) is 103 cm³/mol. The van der Waals surface area contributed by atoms with Crippen molar-refractivity contribution in [2.24, 2.45) is 0 Å². The number of fused-ring (bicyclic) bond motifs is 5. The minimum atomic E-state index is -0.193. The average molecular weight is 342 g/mol. The van der Waals surface area contributed by atoms with Crippen molar-refractivity contribution in [3.05, 3.63) is 80.1 Å². The van der Waals surface area contributed by atoms with Crippen molar-refractivity contribution >= 4 is 43.9 Å². The molecule has 5 aromatic rings. The van der Waals surface area contributed by atoms with E-state index >= 15 is 0 Å². The van der Waals surface area contributed by atoms with Crippen LogP contribution in [0.25, 0.3) is 43.9 Å². The zero-order valence-electron chi connectivity index (χ0n) is 14.3. The summed E-state index contributed by atoms with van der Waals surface area (Å²) in [5.41, 5.74) is 3.33. The van der Waals surface area contributed by atoms with Crippen LogP contribution in [0.4, 0.5) is 0 Å². The van der Waals surface area contributed by atoms with E-state index in [1.807, 2.05) is 32.0 Å². The van der Waals surface area contributed by atoms with Crippen LogP contribution >= 0.6 is 0 Å². The van der Waals surface area contributed by atoms with Gasteiger partial charge in [-0.3, -0.25) is 9.59 Å². The Labute approximate surface area is 147 Å². The number of hydrogen-bond donors (Lipinski definition) is 0. The molecular formula is C22H14O4. The number of rotatable bonds is 0. The summed E-state index contributed by atoms with van der Waals surface area (Å²) in [6, 6.07) is 14.2. The summed E-state index contributed by atoms with van der Waals surface area (Å²) in [4.78, 5) is 26.0. The monoisotopic (exact) mass is 342 g/mol. The molecule has 0 fully saturated rings. The third-order valence-electron chi connectivity index (χ3n) is 4.78. The fourth-order valence-corrected chi connectivity index (χ4v) is 3.47. The summed E-state index contributed by atoms with van der Waals surface area (Å²) in [5, 5.41) is 1.67. The van der Waals surface area contributed by atoms with Gasteiger partial charge < -0.3 is 8.83 Å². The van der Waals surface area contributed by atoms with Crippen LogP contribution in [0.15, 0.2) is 67.0 Å². The zero-order chi connectivity index (χ0) is 18.0. The van der Waals surface area contributed by atoms with E-state index in [2.05, 4.69) is 0 Å². The number of hydrogen-bond acceptors (Lipinski definition) is 4. The van der Waals surface area contributed by atoms with Gasteiger partial charge in [0.1, 0.15) is 22.1 Å². The Hall–Kier alpha value is -3.40. The Balaban J connectivity index is 2.06. The SMILES string of the molecule is Cc1ccc2c(=O)c3c(ccc4c(=O)c5cc(C)ccc5oc43)oc2c1. The highest BCUT2D eigenvalue weighted by Crippen LogP contribution is 2.27. The Morgan fingerprint density at radius 3 is 2.15 bits per heavy atom. The average Bonchev–Trinajstić information content (AvgIpc) is 2.62. The van der Waals surface area contributed by atoms with Crippen LogP contribution in [0, 0.1) is 13.8 Å². The Morgan fingerprint density at radius 1 is 0.615 bits per heavy atom. The Morgan fingerprint density at radius 2 is 1.31 bits per heavy atom. The highest BCUT2D eigenvalue weighted by Gasteiger charge is 2.16. The molecule has 0 N–H and O–H groups in total. The molecule has 3 aromatic carbocycles. The van der Waals surface area contributed by atoms with E-state index in [1.165, 1.54) is 0 Å². The van der Waals surface area contributed by atoms with Crippen LogP contribution in [0.5, 0.6) is 0 Å². The van der Waals surface area contributed by atoms with Crippen LogP contribution in [-0.2, 0) is 0 Å². The van der Waals surface area contributed by atoms with E-state index < -0.39 is 0 Å². The van der Waals surface area contributed by atoms with Crippen LogP contribution < -0.4 is 10.9 Å². The molecule has 0 saturated carbocycles. The van der Waals surface area contributed by atoms with E-state index in [-0.39, 0.29) is 16.4 Å². The van der Waals surface area contributed by atoms with Gasteiger partial charge in [-0.2, -0.15) is 0 Å². The molecule has 0 saturated heterocycles. The fourth-order valence-electron chi connectivity index (χ4n) is 3.47. The molecule has 0 aliphatic heterocycles. The van der Waals surface area contributed by atoms with Crippen molar-refractivity contribution in [3.63, 3.8) is 0 Å². The largest absolute Gasteiger partial charge is 0.456 e. The fraction of sp³-hybridized carbons (Fsp3) is 0.0909. The van der Waals surface area contributed by atoms with E-state index in [1.54, 1.807) is 30.3 Å². The summed E-state index contributed by atoms with van der Waals surface area (Å²) in [7, 11) is 0. The molecule has 26 heavy (non-hydrogen) atoms. The van der Waals surface area contributed by atoms with Gasteiger partial charge in [0.25, 0.3) is 0 Å².